The summed E-state index contributed by atoms with van der Waals surface area (Å²) in [5.41, 5.74) is 1.39. The largest absolute Gasteiger partial charge is 0.496 e. The minimum Gasteiger partial charge on any atom is -0.496 e. The number of ether oxygens (including phenoxy) is 2. The van der Waals surface area contributed by atoms with Crippen LogP contribution in [0.2, 0.25) is 0 Å². The first kappa shape index (κ1) is 18.3. The number of nitrogens with zero attached hydrogens (tertiary/aromatic N) is 1. The topological polar surface area (TPSA) is 63.9 Å². The molecule has 0 spiro atoms. The number of carbonyl (C=O) groups excluding carboxylic acids is 1. The highest BCUT2D eigenvalue weighted by molar-refractivity contribution is 5.95. The van der Waals surface area contributed by atoms with E-state index in [4.69, 9.17) is 13.9 Å². The summed E-state index contributed by atoms with van der Waals surface area (Å²) in [5, 5.41) is 3.03. The third-order valence-corrected chi connectivity index (χ3v) is 4.92. The standard InChI is InChI=1S/C20H26N2O4/c1-14-18(24-2)11-15(12-19(14)25-3)20(23)21-13-16(17-7-6-10-26-17)22-8-4-5-9-22/h6-7,10-12,16H,4-5,8-9,13H2,1-3H3,(H,21,23). The molecule has 1 unspecified atom stereocenters. The number of rotatable bonds is 7. The van der Waals surface area contributed by atoms with Gasteiger partial charge in [-0.15, -0.1) is 0 Å². The molecule has 2 heterocycles. The van der Waals surface area contributed by atoms with Crippen LogP contribution in [0.25, 0.3) is 0 Å². The van der Waals surface area contributed by atoms with Gasteiger partial charge in [0.1, 0.15) is 17.3 Å². The lowest BCUT2D eigenvalue weighted by atomic mass is 10.1. The predicted octanol–water partition coefficient (Wildman–Crippen LogP) is 3.17. The molecule has 1 aromatic carbocycles. The second-order valence-electron chi connectivity index (χ2n) is 6.49. The SMILES string of the molecule is COc1cc(C(=O)NCC(c2ccco2)N2CCCC2)cc(OC)c1C. The zero-order valence-corrected chi connectivity index (χ0v) is 15.6. The number of likely N-dealkylation sites (tertiary alicyclic amines) is 1. The van der Waals surface area contributed by atoms with Crippen molar-refractivity contribution in [3.8, 4) is 11.5 Å². The average Bonchev–Trinajstić information content (AvgIpc) is 3.36. The van der Waals surface area contributed by atoms with Crippen LogP contribution in [-0.2, 0) is 0 Å². The van der Waals surface area contributed by atoms with E-state index in [1.54, 1.807) is 32.6 Å². The van der Waals surface area contributed by atoms with Gasteiger partial charge in [-0.3, -0.25) is 9.69 Å². The number of hydrogen-bond acceptors (Lipinski definition) is 5. The Morgan fingerprint density at radius 1 is 1.23 bits per heavy atom. The fraction of sp³-hybridized carbons (Fsp3) is 0.450. The van der Waals surface area contributed by atoms with Crippen LogP contribution in [0.3, 0.4) is 0 Å². The molecule has 2 aromatic rings. The number of methoxy groups -OCH3 is 2. The second-order valence-corrected chi connectivity index (χ2v) is 6.49. The van der Waals surface area contributed by atoms with Crippen LogP contribution in [0.15, 0.2) is 34.9 Å². The molecule has 1 saturated heterocycles. The first-order valence-electron chi connectivity index (χ1n) is 8.92. The Kier molecular flexibility index (Phi) is 5.83. The van der Waals surface area contributed by atoms with E-state index in [0.717, 1.165) is 24.4 Å². The van der Waals surface area contributed by atoms with Crippen LogP contribution in [0, 0.1) is 6.92 Å². The zero-order valence-electron chi connectivity index (χ0n) is 15.6. The number of benzene rings is 1. The Bertz CT molecular complexity index is 711. The van der Waals surface area contributed by atoms with Crippen molar-refractivity contribution in [3.63, 3.8) is 0 Å². The van der Waals surface area contributed by atoms with Gasteiger partial charge < -0.3 is 19.2 Å². The predicted molar refractivity (Wildman–Crippen MR) is 98.9 cm³/mol. The highest BCUT2D eigenvalue weighted by atomic mass is 16.5. The van der Waals surface area contributed by atoms with E-state index in [2.05, 4.69) is 10.2 Å². The van der Waals surface area contributed by atoms with Crippen LogP contribution in [0.1, 0.15) is 40.6 Å². The number of nitrogens with one attached hydrogen (secondary N) is 1. The Morgan fingerprint density at radius 2 is 1.88 bits per heavy atom. The molecule has 26 heavy (non-hydrogen) atoms. The molecular formula is C20H26N2O4. The van der Waals surface area contributed by atoms with Gasteiger partial charge in [-0.25, -0.2) is 0 Å². The van der Waals surface area contributed by atoms with E-state index in [-0.39, 0.29) is 11.9 Å². The van der Waals surface area contributed by atoms with Crippen LogP contribution < -0.4 is 14.8 Å². The summed E-state index contributed by atoms with van der Waals surface area (Å²) in [5.74, 6) is 2.00. The Hall–Kier alpha value is -2.47. The van der Waals surface area contributed by atoms with Crippen molar-refractivity contribution in [3.05, 3.63) is 47.4 Å². The van der Waals surface area contributed by atoms with Gasteiger partial charge in [0.25, 0.3) is 5.91 Å². The number of hydrogen-bond donors (Lipinski definition) is 1. The number of furan rings is 1. The first-order valence-corrected chi connectivity index (χ1v) is 8.92. The summed E-state index contributed by atoms with van der Waals surface area (Å²) < 4.78 is 16.3. The van der Waals surface area contributed by atoms with Gasteiger partial charge >= 0.3 is 0 Å². The fourth-order valence-electron chi connectivity index (χ4n) is 3.45. The summed E-state index contributed by atoms with van der Waals surface area (Å²) in [4.78, 5) is 15.1. The molecule has 140 valence electrons. The van der Waals surface area contributed by atoms with E-state index >= 15 is 0 Å². The molecular weight excluding hydrogens is 332 g/mol. The van der Waals surface area contributed by atoms with Crippen LogP contribution >= 0.6 is 0 Å². The quantitative estimate of drug-likeness (QED) is 0.824. The molecule has 0 bridgehead atoms. The molecule has 1 aliphatic rings. The van der Waals surface area contributed by atoms with Gasteiger partial charge in [-0.1, -0.05) is 0 Å². The lowest BCUT2D eigenvalue weighted by Gasteiger charge is -2.26. The normalized spacial score (nSPS) is 15.7. The summed E-state index contributed by atoms with van der Waals surface area (Å²) in [7, 11) is 3.17. The molecule has 6 nitrogen and oxygen atoms in total. The van der Waals surface area contributed by atoms with Gasteiger partial charge in [0.2, 0.25) is 0 Å². The molecule has 1 N–H and O–H groups in total. The highest BCUT2D eigenvalue weighted by Crippen LogP contribution is 2.30. The van der Waals surface area contributed by atoms with E-state index in [9.17, 15) is 4.79 Å². The lowest BCUT2D eigenvalue weighted by molar-refractivity contribution is 0.0933. The van der Waals surface area contributed by atoms with Crippen LogP contribution in [-0.4, -0.2) is 44.7 Å². The van der Waals surface area contributed by atoms with Crippen molar-refractivity contribution < 1.29 is 18.7 Å². The van der Waals surface area contributed by atoms with Gasteiger partial charge in [0, 0.05) is 17.7 Å². The maximum atomic E-state index is 12.7. The summed E-state index contributed by atoms with van der Waals surface area (Å²) in [6.45, 7) is 4.44. The van der Waals surface area contributed by atoms with Crippen molar-refractivity contribution in [1.82, 2.24) is 10.2 Å². The van der Waals surface area contributed by atoms with E-state index in [0.29, 0.717) is 23.6 Å². The molecule has 1 atom stereocenters. The smallest absolute Gasteiger partial charge is 0.251 e. The third kappa shape index (κ3) is 3.85. The summed E-state index contributed by atoms with van der Waals surface area (Å²) in [6, 6.07) is 7.38. The van der Waals surface area contributed by atoms with E-state index in [1.165, 1.54) is 12.8 Å². The molecule has 0 radical (unpaired) electrons. The maximum absolute atomic E-state index is 12.7. The van der Waals surface area contributed by atoms with Crippen LogP contribution in [0.5, 0.6) is 11.5 Å². The summed E-state index contributed by atoms with van der Waals surface area (Å²) >= 11 is 0. The lowest BCUT2D eigenvalue weighted by Crippen LogP contribution is -2.36. The molecule has 0 aliphatic carbocycles. The molecule has 0 saturated carbocycles. The minimum atomic E-state index is -0.155. The third-order valence-electron chi connectivity index (χ3n) is 4.92. The van der Waals surface area contributed by atoms with Crippen molar-refractivity contribution in [2.45, 2.75) is 25.8 Å². The number of carbonyl (C=O) groups is 1. The Labute approximate surface area is 154 Å². The molecule has 1 aromatic heterocycles. The number of amides is 1. The van der Waals surface area contributed by atoms with Crippen molar-refractivity contribution in [2.75, 3.05) is 33.9 Å². The van der Waals surface area contributed by atoms with Gasteiger partial charge in [0.15, 0.2) is 0 Å². The summed E-state index contributed by atoms with van der Waals surface area (Å²) in [6.07, 6.45) is 4.03. The van der Waals surface area contributed by atoms with Gasteiger partial charge in [0.05, 0.1) is 26.5 Å². The van der Waals surface area contributed by atoms with Crippen molar-refractivity contribution in [2.24, 2.45) is 0 Å². The molecule has 1 aliphatic heterocycles. The van der Waals surface area contributed by atoms with E-state index in [1.807, 2.05) is 19.1 Å². The molecule has 6 heteroatoms. The van der Waals surface area contributed by atoms with Crippen LogP contribution in [0.4, 0.5) is 0 Å². The Balaban J connectivity index is 1.74. The van der Waals surface area contributed by atoms with E-state index < -0.39 is 0 Å². The zero-order chi connectivity index (χ0) is 18.5. The van der Waals surface area contributed by atoms with Crippen molar-refractivity contribution >= 4 is 5.91 Å². The Morgan fingerprint density at radius 3 is 2.42 bits per heavy atom. The highest BCUT2D eigenvalue weighted by Gasteiger charge is 2.26. The minimum absolute atomic E-state index is 0.0469. The molecule has 1 fully saturated rings. The van der Waals surface area contributed by atoms with Crippen molar-refractivity contribution in [1.29, 1.82) is 0 Å². The first-order chi connectivity index (χ1) is 12.6. The maximum Gasteiger partial charge on any atom is 0.251 e. The average molecular weight is 358 g/mol. The second kappa shape index (κ2) is 8.27. The monoisotopic (exact) mass is 358 g/mol. The molecule has 3 rings (SSSR count). The molecule has 1 amide bonds. The van der Waals surface area contributed by atoms with Gasteiger partial charge in [-0.2, -0.15) is 0 Å². The fourth-order valence-corrected chi connectivity index (χ4v) is 3.45. The van der Waals surface area contributed by atoms with Gasteiger partial charge in [-0.05, 0) is 57.1 Å².